The molecule has 1 N–H and O–H groups in total. The normalized spacial score (nSPS) is 21.4. The van der Waals surface area contributed by atoms with E-state index in [4.69, 9.17) is 4.74 Å². The third-order valence-electron chi connectivity index (χ3n) is 3.83. The molecular formula is C16H24FNO. The standard InChI is InChI=1S/C16H24FNO/c1-4-18-16(14-7-5-6-8-19-14)13-9-11(2)15(17)12(3)10-13/h9-10,14,16,18H,4-8H2,1-3H3. The van der Waals surface area contributed by atoms with Crippen LogP contribution in [0.15, 0.2) is 12.1 Å². The fourth-order valence-electron chi connectivity index (χ4n) is 2.87. The van der Waals surface area contributed by atoms with Gasteiger partial charge in [-0.2, -0.15) is 0 Å². The van der Waals surface area contributed by atoms with Crippen LogP contribution in [0.2, 0.25) is 0 Å². The molecule has 1 aromatic carbocycles. The van der Waals surface area contributed by atoms with Crippen molar-refractivity contribution >= 4 is 0 Å². The molecule has 2 unspecified atom stereocenters. The molecule has 0 aromatic heterocycles. The summed E-state index contributed by atoms with van der Waals surface area (Å²) in [4.78, 5) is 0. The minimum Gasteiger partial charge on any atom is -0.376 e. The molecule has 0 amide bonds. The number of halogens is 1. The van der Waals surface area contributed by atoms with Gasteiger partial charge in [0.05, 0.1) is 12.1 Å². The Morgan fingerprint density at radius 2 is 2.00 bits per heavy atom. The fraction of sp³-hybridized carbons (Fsp3) is 0.625. The van der Waals surface area contributed by atoms with Crippen LogP contribution in [0, 0.1) is 19.7 Å². The average Bonchev–Trinajstić information content (AvgIpc) is 2.42. The quantitative estimate of drug-likeness (QED) is 0.897. The highest BCUT2D eigenvalue weighted by Crippen LogP contribution is 2.28. The zero-order valence-corrected chi connectivity index (χ0v) is 12.1. The molecule has 19 heavy (non-hydrogen) atoms. The largest absolute Gasteiger partial charge is 0.376 e. The molecule has 2 nitrogen and oxygen atoms in total. The molecule has 0 saturated carbocycles. The van der Waals surface area contributed by atoms with Gasteiger partial charge in [0.1, 0.15) is 5.82 Å². The van der Waals surface area contributed by atoms with Crippen molar-refractivity contribution in [1.29, 1.82) is 0 Å². The van der Waals surface area contributed by atoms with E-state index in [0.717, 1.165) is 31.6 Å². The van der Waals surface area contributed by atoms with E-state index in [1.807, 2.05) is 26.0 Å². The van der Waals surface area contributed by atoms with E-state index in [-0.39, 0.29) is 18.0 Å². The Balaban J connectivity index is 2.27. The van der Waals surface area contributed by atoms with Gasteiger partial charge in [-0.05, 0) is 56.3 Å². The zero-order chi connectivity index (χ0) is 13.8. The molecule has 106 valence electrons. The van der Waals surface area contributed by atoms with Crippen molar-refractivity contribution in [2.24, 2.45) is 0 Å². The lowest BCUT2D eigenvalue weighted by atomic mass is 9.93. The molecule has 3 heteroatoms. The molecule has 1 aliphatic rings. The van der Waals surface area contributed by atoms with Gasteiger partial charge in [0.15, 0.2) is 0 Å². The van der Waals surface area contributed by atoms with Gasteiger partial charge >= 0.3 is 0 Å². The van der Waals surface area contributed by atoms with Gasteiger partial charge in [0, 0.05) is 6.61 Å². The minimum atomic E-state index is -0.0939. The number of rotatable bonds is 4. The van der Waals surface area contributed by atoms with Gasteiger partial charge in [0.2, 0.25) is 0 Å². The number of ether oxygens (including phenoxy) is 1. The molecule has 0 bridgehead atoms. The Bertz CT molecular complexity index is 404. The first-order valence-corrected chi connectivity index (χ1v) is 7.25. The van der Waals surface area contributed by atoms with E-state index < -0.39 is 0 Å². The minimum absolute atomic E-state index is 0.0939. The lowest BCUT2D eigenvalue weighted by Crippen LogP contribution is -2.36. The Kier molecular flexibility index (Phi) is 4.94. The number of aryl methyl sites for hydroxylation is 2. The van der Waals surface area contributed by atoms with Crippen LogP contribution in [-0.4, -0.2) is 19.3 Å². The molecular weight excluding hydrogens is 241 g/mol. The summed E-state index contributed by atoms with van der Waals surface area (Å²) < 4.78 is 19.7. The maximum Gasteiger partial charge on any atom is 0.129 e. The molecule has 1 saturated heterocycles. The van der Waals surface area contributed by atoms with Crippen LogP contribution in [0.5, 0.6) is 0 Å². The highest BCUT2D eigenvalue weighted by molar-refractivity contribution is 5.33. The van der Waals surface area contributed by atoms with Crippen LogP contribution in [-0.2, 0) is 4.74 Å². The number of benzene rings is 1. The lowest BCUT2D eigenvalue weighted by molar-refractivity contribution is -0.00789. The van der Waals surface area contributed by atoms with Crippen LogP contribution >= 0.6 is 0 Å². The van der Waals surface area contributed by atoms with Crippen LogP contribution in [0.3, 0.4) is 0 Å². The van der Waals surface area contributed by atoms with Crippen molar-refractivity contribution in [1.82, 2.24) is 5.32 Å². The summed E-state index contributed by atoms with van der Waals surface area (Å²) in [7, 11) is 0. The number of hydrogen-bond acceptors (Lipinski definition) is 2. The van der Waals surface area contributed by atoms with Gasteiger partial charge in [0.25, 0.3) is 0 Å². The van der Waals surface area contributed by atoms with Crippen molar-refractivity contribution in [3.8, 4) is 0 Å². The summed E-state index contributed by atoms with van der Waals surface area (Å²) in [5.74, 6) is -0.0939. The predicted octanol–water partition coefficient (Wildman–Crippen LogP) is 3.66. The van der Waals surface area contributed by atoms with Gasteiger partial charge in [-0.15, -0.1) is 0 Å². The zero-order valence-electron chi connectivity index (χ0n) is 12.1. The number of nitrogens with one attached hydrogen (secondary N) is 1. The smallest absolute Gasteiger partial charge is 0.129 e. The van der Waals surface area contributed by atoms with E-state index in [1.165, 1.54) is 6.42 Å². The molecule has 2 atom stereocenters. The summed E-state index contributed by atoms with van der Waals surface area (Å²) in [5.41, 5.74) is 2.58. The third-order valence-corrected chi connectivity index (χ3v) is 3.83. The summed E-state index contributed by atoms with van der Waals surface area (Å²) in [6.07, 6.45) is 3.65. The Morgan fingerprint density at radius 1 is 1.32 bits per heavy atom. The van der Waals surface area contributed by atoms with Crippen LogP contribution in [0.1, 0.15) is 48.9 Å². The number of hydrogen-bond donors (Lipinski definition) is 1. The van der Waals surface area contributed by atoms with E-state index in [9.17, 15) is 4.39 Å². The van der Waals surface area contributed by atoms with Crippen LogP contribution < -0.4 is 5.32 Å². The van der Waals surface area contributed by atoms with Crippen molar-refractivity contribution in [3.63, 3.8) is 0 Å². The summed E-state index contributed by atoms with van der Waals surface area (Å²) >= 11 is 0. The molecule has 0 radical (unpaired) electrons. The van der Waals surface area contributed by atoms with Crippen LogP contribution in [0.25, 0.3) is 0 Å². The first-order valence-electron chi connectivity index (χ1n) is 7.25. The van der Waals surface area contributed by atoms with Crippen LogP contribution in [0.4, 0.5) is 4.39 Å². The molecule has 1 aliphatic heterocycles. The van der Waals surface area contributed by atoms with E-state index in [0.29, 0.717) is 11.1 Å². The highest BCUT2D eigenvalue weighted by atomic mass is 19.1. The first kappa shape index (κ1) is 14.5. The second-order valence-corrected chi connectivity index (χ2v) is 5.41. The maximum absolute atomic E-state index is 13.8. The molecule has 1 fully saturated rings. The molecule has 1 aromatic rings. The monoisotopic (exact) mass is 265 g/mol. The first-order chi connectivity index (χ1) is 9.13. The van der Waals surface area contributed by atoms with Gasteiger partial charge in [-0.1, -0.05) is 19.1 Å². The van der Waals surface area contributed by atoms with E-state index in [2.05, 4.69) is 12.2 Å². The average molecular weight is 265 g/mol. The van der Waals surface area contributed by atoms with E-state index in [1.54, 1.807) is 0 Å². The van der Waals surface area contributed by atoms with Crippen molar-refractivity contribution in [3.05, 3.63) is 34.6 Å². The van der Waals surface area contributed by atoms with Crippen molar-refractivity contribution in [2.45, 2.75) is 52.2 Å². The second kappa shape index (κ2) is 6.49. The van der Waals surface area contributed by atoms with Gasteiger partial charge in [-0.3, -0.25) is 0 Å². The summed E-state index contributed by atoms with van der Waals surface area (Å²) in [6.45, 7) is 7.48. The Labute approximate surface area is 115 Å². The van der Waals surface area contributed by atoms with E-state index >= 15 is 0 Å². The molecule has 1 heterocycles. The van der Waals surface area contributed by atoms with Gasteiger partial charge in [-0.25, -0.2) is 4.39 Å². The fourth-order valence-corrected chi connectivity index (χ4v) is 2.87. The van der Waals surface area contributed by atoms with Crippen molar-refractivity contribution in [2.75, 3.05) is 13.2 Å². The summed E-state index contributed by atoms with van der Waals surface area (Å²) in [5, 5.41) is 3.50. The topological polar surface area (TPSA) is 21.3 Å². The maximum atomic E-state index is 13.8. The van der Waals surface area contributed by atoms with Gasteiger partial charge < -0.3 is 10.1 Å². The predicted molar refractivity (Wildman–Crippen MR) is 75.9 cm³/mol. The second-order valence-electron chi connectivity index (χ2n) is 5.41. The Morgan fingerprint density at radius 3 is 2.53 bits per heavy atom. The van der Waals surface area contributed by atoms with Crippen molar-refractivity contribution < 1.29 is 9.13 Å². The molecule has 2 rings (SSSR count). The molecule has 0 spiro atoms. The molecule has 0 aliphatic carbocycles. The highest BCUT2D eigenvalue weighted by Gasteiger charge is 2.26. The lowest BCUT2D eigenvalue weighted by Gasteiger charge is -2.31. The number of likely N-dealkylation sites (N-methyl/N-ethyl adjacent to an activating group) is 1. The summed E-state index contributed by atoms with van der Waals surface area (Å²) in [6, 6.07) is 4.07. The Hall–Kier alpha value is -0.930. The SMILES string of the molecule is CCNC(c1cc(C)c(F)c(C)c1)C1CCCCO1. The third kappa shape index (κ3) is 3.34.